The first-order valence-corrected chi connectivity index (χ1v) is 11.6. The van der Waals surface area contributed by atoms with E-state index in [0.29, 0.717) is 16.9 Å². The molecule has 0 spiro atoms. The van der Waals surface area contributed by atoms with Gasteiger partial charge in [-0.2, -0.15) is 0 Å². The Bertz CT molecular complexity index is 1100. The van der Waals surface area contributed by atoms with Crippen LogP contribution in [0.3, 0.4) is 0 Å². The lowest BCUT2D eigenvalue weighted by molar-refractivity contribution is -0.122. The predicted octanol–water partition coefficient (Wildman–Crippen LogP) is 0.922. The molecule has 12 heteroatoms. The maximum Gasteiger partial charge on any atom is 0.264 e. The molecule has 0 unspecified atom stereocenters. The van der Waals surface area contributed by atoms with Crippen molar-refractivity contribution in [3.8, 4) is 0 Å². The first-order chi connectivity index (χ1) is 13.0. The molecule has 2 N–H and O–H groups in total. The van der Waals surface area contributed by atoms with Crippen molar-refractivity contribution in [1.82, 2.24) is 9.46 Å². The average molecular weight is 428 g/mol. The number of aryl methyl sites for hydroxylation is 1. The molecule has 1 aliphatic rings. The van der Waals surface area contributed by atoms with Gasteiger partial charge in [0.1, 0.15) is 0 Å². The standard InChI is InChI=1S/C16H20N4O6S2/c1-10-11(2)18-26-16(10)19-28(24,25)14-6-4-13(5-7-14)17-15(21)12-8-20(9-12)27(3,22)23/h4-7,12,19H,8-9H2,1-3H3,(H,17,21). The van der Waals surface area contributed by atoms with Gasteiger partial charge >= 0.3 is 0 Å². The first kappa shape index (κ1) is 20.3. The Labute approximate surface area is 163 Å². The molecule has 1 amide bonds. The molecule has 1 aliphatic heterocycles. The topological polar surface area (TPSA) is 139 Å². The van der Waals surface area contributed by atoms with Crippen molar-refractivity contribution in [2.75, 3.05) is 29.4 Å². The van der Waals surface area contributed by atoms with Gasteiger partial charge in [-0.3, -0.25) is 4.79 Å². The molecule has 0 radical (unpaired) electrons. The number of rotatable bonds is 6. The average Bonchev–Trinajstić information content (AvgIpc) is 2.84. The minimum atomic E-state index is -3.87. The molecule has 2 heterocycles. The minimum Gasteiger partial charge on any atom is -0.337 e. The van der Waals surface area contributed by atoms with E-state index in [-0.39, 0.29) is 29.8 Å². The van der Waals surface area contributed by atoms with Gasteiger partial charge in [-0.05, 0) is 38.1 Å². The molecule has 0 aliphatic carbocycles. The molecule has 1 aromatic carbocycles. The van der Waals surface area contributed by atoms with Gasteiger partial charge in [0.2, 0.25) is 21.8 Å². The number of anilines is 2. The molecular weight excluding hydrogens is 408 g/mol. The molecule has 0 bridgehead atoms. The van der Waals surface area contributed by atoms with Crippen LogP contribution in [0.2, 0.25) is 0 Å². The van der Waals surface area contributed by atoms with Gasteiger partial charge in [0.15, 0.2) is 0 Å². The smallest absolute Gasteiger partial charge is 0.264 e. The molecule has 3 rings (SSSR count). The quantitative estimate of drug-likeness (QED) is 0.697. The summed E-state index contributed by atoms with van der Waals surface area (Å²) < 4.78 is 56.1. The molecule has 10 nitrogen and oxygen atoms in total. The molecule has 0 atom stereocenters. The van der Waals surface area contributed by atoms with Gasteiger partial charge in [-0.25, -0.2) is 25.9 Å². The zero-order valence-corrected chi connectivity index (χ0v) is 17.1. The number of sulfonamides is 2. The summed E-state index contributed by atoms with van der Waals surface area (Å²) >= 11 is 0. The Kier molecular flexibility index (Phi) is 5.21. The van der Waals surface area contributed by atoms with Crippen molar-refractivity contribution in [2.45, 2.75) is 18.7 Å². The van der Waals surface area contributed by atoms with Gasteiger partial charge in [0, 0.05) is 24.3 Å². The first-order valence-electron chi connectivity index (χ1n) is 8.29. The highest BCUT2D eigenvalue weighted by molar-refractivity contribution is 7.92. The van der Waals surface area contributed by atoms with E-state index in [1.807, 2.05) is 0 Å². The Morgan fingerprint density at radius 2 is 1.75 bits per heavy atom. The highest BCUT2D eigenvalue weighted by Crippen LogP contribution is 2.24. The number of carbonyl (C=O) groups excluding carboxylic acids is 1. The van der Waals surface area contributed by atoms with E-state index in [0.717, 1.165) is 6.26 Å². The summed E-state index contributed by atoms with van der Waals surface area (Å²) in [6.07, 6.45) is 1.09. The number of hydrogen-bond acceptors (Lipinski definition) is 7. The van der Waals surface area contributed by atoms with Crippen LogP contribution < -0.4 is 10.0 Å². The third-order valence-electron chi connectivity index (χ3n) is 4.50. The summed E-state index contributed by atoms with van der Waals surface area (Å²) in [5.74, 6) is -0.700. The normalized spacial score (nSPS) is 15.8. The van der Waals surface area contributed by atoms with Gasteiger partial charge in [0.25, 0.3) is 10.0 Å². The fourth-order valence-electron chi connectivity index (χ4n) is 2.53. The zero-order chi connectivity index (χ0) is 20.7. The summed E-state index contributed by atoms with van der Waals surface area (Å²) in [5.41, 5.74) is 1.59. The van der Waals surface area contributed by atoms with Gasteiger partial charge in [-0.15, -0.1) is 0 Å². The Hall–Kier alpha value is -2.44. The van der Waals surface area contributed by atoms with Crippen LogP contribution in [0.15, 0.2) is 33.7 Å². The summed E-state index contributed by atoms with van der Waals surface area (Å²) in [4.78, 5) is 12.1. The minimum absolute atomic E-state index is 0.00847. The molecule has 1 aromatic heterocycles. The number of aromatic nitrogens is 1. The second-order valence-electron chi connectivity index (χ2n) is 6.62. The lowest BCUT2D eigenvalue weighted by Crippen LogP contribution is -2.53. The van der Waals surface area contributed by atoms with E-state index >= 15 is 0 Å². The second kappa shape index (κ2) is 7.18. The van der Waals surface area contributed by atoms with E-state index in [1.54, 1.807) is 13.8 Å². The van der Waals surface area contributed by atoms with Crippen LogP contribution in [-0.2, 0) is 24.8 Å². The van der Waals surface area contributed by atoms with Crippen molar-refractivity contribution in [3.63, 3.8) is 0 Å². The number of nitrogens with zero attached hydrogens (tertiary/aromatic N) is 2. The van der Waals surface area contributed by atoms with Gasteiger partial charge < -0.3 is 9.84 Å². The molecule has 2 aromatic rings. The highest BCUT2D eigenvalue weighted by Gasteiger charge is 2.37. The van der Waals surface area contributed by atoms with Crippen LogP contribution in [0.25, 0.3) is 0 Å². The van der Waals surface area contributed by atoms with Crippen molar-refractivity contribution in [3.05, 3.63) is 35.5 Å². The van der Waals surface area contributed by atoms with Crippen LogP contribution >= 0.6 is 0 Å². The van der Waals surface area contributed by atoms with E-state index in [4.69, 9.17) is 4.52 Å². The van der Waals surface area contributed by atoms with E-state index in [2.05, 4.69) is 15.2 Å². The number of benzene rings is 1. The van der Waals surface area contributed by atoms with E-state index in [9.17, 15) is 21.6 Å². The van der Waals surface area contributed by atoms with Crippen molar-refractivity contribution >= 4 is 37.5 Å². The Balaban J connectivity index is 1.63. The molecule has 1 fully saturated rings. The van der Waals surface area contributed by atoms with Gasteiger partial charge in [0.05, 0.1) is 22.8 Å². The number of carbonyl (C=O) groups is 1. The predicted molar refractivity (Wildman–Crippen MR) is 102 cm³/mol. The molecular formula is C16H20N4O6S2. The number of amides is 1. The molecule has 152 valence electrons. The SMILES string of the molecule is Cc1noc(NS(=O)(=O)c2ccc(NC(=O)C3CN(S(C)(=O)=O)C3)cc2)c1C. The van der Waals surface area contributed by atoms with Crippen LogP contribution in [0, 0.1) is 19.8 Å². The summed E-state index contributed by atoms with van der Waals surface area (Å²) in [6, 6.07) is 5.61. The van der Waals surface area contributed by atoms with E-state index in [1.165, 1.54) is 28.6 Å². The largest absolute Gasteiger partial charge is 0.337 e. The molecule has 1 saturated heterocycles. The monoisotopic (exact) mass is 428 g/mol. The van der Waals surface area contributed by atoms with E-state index < -0.39 is 26.0 Å². The third-order valence-corrected chi connectivity index (χ3v) is 7.09. The third kappa shape index (κ3) is 4.18. The fourth-order valence-corrected chi connectivity index (χ4v) is 4.48. The number of hydrogen-bond donors (Lipinski definition) is 2. The van der Waals surface area contributed by atoms with Gasteiger partial charge in [-0.1, -0.05) is 5.16 Å². The van der Waals surface area contributed by atoms with Crippen LogP contribution in [0.5, 0.6) is 0 Å². The maximum atomic E-state index is 12.4. The lowest BCUT2D eigenvalue weighted by Gasteiger charge is -2.35. The summed E-state index contributed by atoms with van der Waals surface area (Å²) in [5, 5.41) is 6.35. The fraction of sp³-hybridized carbons (Fsp3) is 0.375. The van der Waals surface area contributed by atoms with Crippen LogP contribution in [0.1, 0.15) is 11.3 Å². The number of nitrogens with one attached hydrogen (secondary N) is 2. The molecule has 0 saturated carbocycles. The Morgan fingerprint density at radius 1 is 1.14 bits per heavy atom. The van der Waals surface area contributed by atoms with Crippen LogP contribution in [0.4, 0.5) is 11.6 Å². The summed E-state index contributed by atoms with van der Waals surface area (Å²) in [7, 11) is -7.16. The van der Waals surface area contributed by atoms with Crippen molar-refractivity contribution in [2.24, 2.45) is 5.92 Å². The van der Waals surface area contributed by atoms with Crippen molar-refractivity contribution in [1.29, 1.82) is 0 Å². The summed E-state index contributed by atoms with van der Waals surface area (Å²) in [6.45, 7) is 3.66. The zero-order valence-electron chi connectivity index (χ0n) is 15.5. The second-order valence-corrected chi connectivity index (χ2v) is 10.3. The maximum absolute atomic E-state index is 12.4. The lowest BCUT2D eigenvalue weighted by atomic mass is 10.0. The molecule has 28 heavy (non-hydrogen) atoms. The Morgan fingerprint density at radius 3 is 2.25 bits per heavy atom. The highest BCUT2D eigenvalue weighted by atomic mass is 32.2. The van der Waals surface area contributed by atoms with Crippen LogP contribution in [-0.4, -0.2) is 51.5 Å². The van der Waals surface area contributed by atoms with Crippen molar-refractivity contribution < 1.29 is 26.2 Å².